The van der Waals surface area contributed by atoms with Crippen LogP contribution in [0.4, 0.5) is 4.79 Å². The van der Waals surface area contributed by atoms with Gasteiger partial charge in [-0.3, -0.25) is 4.79 Å². The second-order valence-electron chi connectivity index (χ2n) is 9.69. The molecule has 2 atom stereocenters. The van der Waals surface area contributed by atoms with E-state index in [0.29, 0.717) is 19.3 Å². The van der Waals surface area contributed by atoms with Crippen molar-refractivity contribution in [3.05, 3.63) is 59.7 Å². The van der Waals surface area contributed by atoms with Crippen LogP contribution in [0.25, 0.3) is 11.1 Å². The Bertz CT molecular complexity index is 1050. The van der Waals surface area contributed by atoms with Crippen molar-refractivity contribution in [1.82, 2.24) is 10.6 Å². The van der Waals surface area contributed by atoms with Crippen LogP contribution in [-0.4, -0.2) is 41.3 Å². The van der Waals surface area contributed by atoms with Crippen LogP contribution in [0.3, 0.4) is 0 Å². The van der Waals surface area contributed by atoms with Gasteiger partial charge in [-0.15, -0.1) is 0 Å². The number of fused-ring (bicyclic) bond motifs is 3. The molecule has 7 heteroatoms. The topological polar surface area (TPSA) is 105 Å². The maximum atomic E-state index is 12.6. The molecular weight excluding hydrogens is 444 g/mol. The molecule has 3 N–H and O–H groups in total. The zero-order valence-corrected chi connectivity index (χ0v) is 20.4. The Morgan fingerprint density at radius 2 is 1.57 bits per heavy atom. The summed E-state index contributed by atoms with van der Waals surface area (Å²) in [5.41, 5.74) is 3.50. The molecule has 2 aliphatic rings. The first-order valence-corrected chi connectivity index (χ1v) is 12.5. The lowest BCUT2D eigenvalue weighted by molar-refractivity contribution is -0.148. The molecule has 186 valence electrons. The van der Waals surface area contributed by atoms with Crippen LogP contribution in [-0.2, 0) is 14.3 Å². The maximum Gasteiger partial charge on any atom is 0.407 e. The highest BCUT2D eigenvalue weighted by atomic mass is 16.5. The summed E-state index contributed by atoms with van der Waals surface area (Å²) in [6, 6.07) is 16.4. The molecule has 4 rings (SSSR count). The third-order valence-corrected chi connectivity index (χ3v) is 7.68. The van der Waals surface area contributed by atoms with Gasteiger partial charge in [0.15, 0.2) is 0 Å². The standard InChI is InChI=1S/C28H34N2O5/c1-3-28(4-2,26(32)33)30-25(31)16-18-13-14-19(15-18)29-27(34)35-17-24-22-11-7-5-9-20(22)21-10-6-8-12-23(21)24/h5-12,18-19,24H,3-4,13-17H2,1-2H3,(H,29,34)(H,30,31)(H,32,33)/t18-,19+/m0/s1. The fourth-order valence-corrected chi connectivity index (χ4v) is 5.56. The molecule has 1 saturated carbocycles. The van der Waals surface area contributed by atoms with E-state index in [-0.39, 0.29) is 36.8 Å². The number of alkyl carbamates (subject to hydrolysis) is 1. The molecule has 0 heterocycles. The number of benzene rings is 2. The first kappa shape index (κ1) is 24.8. The van der Waals surface area contributed by atoms with Gasteiger partial charge in [0, 0.05) is 18.4 Å². The Labute approximate surface area is 206 Å². The van der Waals surface area contributed by atoms with Crippen LogP contribution in [0.5, 0.6) is 0 Å². The zero-order valence-electron chi connectivity index (χ0n) is 20.4. The van der Waals surface area contributed by atoms with Crippen molar-refractivity contribution < 1.29 is 24.2 Å². The second-order valence-corrected chi connectivity index (χ2v) is 9.69. The van der Waals surface area contributed by atoms with Gasteiger partial charge in [-0.25, -0.2) is 9.59 Å². The van der Waals surface area contributed by atoms with Crippen molar-refractivity contribution in [3.8, 4) is 11.1 Å². The van der Waals surface area contributed by atoms with Crippen molar-refractivity contribution in [2.75, 3.05) is 6.61 Å². The predicted molar refractivity (Wildman–Crippen MR) is 133 cm³/mol. The molecule has 0 spiro atoms. The van der Waals surface area contributed by atoms with Crippen molar-refractivity contribution >= 4 is 18.0 Å². The SMILES string of the molecule is CCC(CC)(NC(=O)C[C@H]1CC[C@@H](NC(=O)OCC2c3ccccc3-c3ccccc32)C1)C(=O)O. The lowest BCUT2D eigenvalue weighted by Gasteiger charge is -2.28. The van der Waals surface area contributed by atoms with E-state index < -0.39 is 17.6 Å². The summed E-state index contributed by atoms with van der Waals surface area (Å²) in [6.45, 7) is 3.80. The number of carbonyl (C=O) groups is 3. The molecule has 1 fully saturated rings. The van der Waals surface area contributed by atoms with Gasteiger partial charge in [-0.05, 0) is 60.3 Å². The number of aliphatic carboxylic acids is 1. The Morgan fingerprint density at radius 3 is 2.14 bits per heavy atom. The number of nitrogens with one attached hydrogen (secondary N) is 2. The van der Waals surface area contributed by atoms with Crippen LogP contribution in [0.2, 0.25) is 0 Å². The predicted octanol–water partition coefficient (Wildman–Crippen LogP) is 4.84. The van der Waals surface area contributed by atoms with Gasteiger partial charge < -0.3 is 20.5 Å². The number of hydrogen-bond donors (Lipinski definition) is 3. The smallest absolute Gasteiger partial charge is 0.407 e. The highest BCUT2D eigenvalue weighted by Gasteiger charge is 2.37. The summed E-state index contributed by atoms with van der Waals surface area (Å²) in [5, 5.41) is 15.2. The number of carbonyl (C=O) groups excluding carboxylic acids is 2. The number of carboxylic acid groups (broad SMARTS) is 1. The zero-order chi connectivity index (χ0) is 25.0. The van der Waals surface area contributed by atoms with Gasteiger partial charge in [-0.2, -0.15) is 0 Å². The third kappa shape index (κ3) is 5.19. The quantitative estimate of drug-likeness (QED) is 0.478. The molecule has 7 nitrogen and oxygen atoms in total. The summed E-state index contributed by atoms with van der Waals surface area (Å²) >= 11 is 0. The minimum absolute atomic E-state index is 0.0137. The van der Waals surface area contributed by atoms with E-state index in [9.17, 15) is 19.5 Å². The lowest BCUT2D eigenvalue weighted by Crippen LogP contribution is -2.54. The molecule has 0 radical (unpaired) electrons. The number of carboxylic acids is 1. The minimum atomic E-state index is -1.21. The molecule has 0 aliphatic heterocycles. The monoisotopic (exact) mass is 478 g/mol. The molecular formula is C28H34N2O5. The van der Waals surface area contributed by atoms with Gasteiger partial charge >= 0.3 is 12.1 Å². The van der Waals surface area contributed by atoms with E-state index in [1.54, 1.807) is 13.8 Å². The highest BCUT2D eigenvalue weighted by Crippen LogP contribution is 2.44. The summed E-state index contributed by atoms with van der Waals surface area (Å²) in [6.07, 6.45) is 2.74. The average molecular weight is 479 g/mol. The molecule has 2 aromatic rings. The minimum Gasteiger partial charge on any atom is -0.480 e. The summed E-state index contributed by atoms with van der Waals surface area (Å²) in [5.74, 6) is -1.13. The van der Waals surface area contributed by atoms with E-state index in [1.165, 1.54) is 22.3 Å². The first-order chi connectivity index (χ1) is 16.9. The van der Waals surface area contributed by atoms with Gasteiger partial charge in [0.05, 0.1) is 0 Å². The van der Waals surface area contributed by atoms with Crippen LogP contribution in [0, 0.1) is 5.92 Å². The molecule has 2 aliphatic carbocycles. The van der Waals surface area contributed by atoms with Crippen LogP contribution in [0.15, 0.2) is 48.5 Å². The fraction of sp³-hybridized carbons (Fsp3) is 0.464. The Balaban J connectivity index is 1.27. The fourth-order valence-electron chi connectivity index (χ4n) is 5.56. The summed E-state index contributed by atoms with van der Waals surface area (Å²) in [4.78, 5) is 36.7. The van der Waals surface area contributed by atoms with Crippen LogP contribution in [0.1, 0.15) is 69.4 Å². The molecule has 35 heavy (non-hydrogen) atoms. The van der Waals surface area contributed by atoms with Gasteiger partial charge in [0.2, 0.25) is 5.91 Å². The van der Waals surface area contributed by atoms with E-state index in [1.807, 2.05) is 24.3 Å². The van der Waals surface area contributed by atoms with Gasteiger partial charge in [-0.1, -0.05) is 62.4 Å². The van der Waals surface area contributed by atoms with E-state index in [2.05, 4.69) is 34.9 Å². The molecule has 0 saturated heterocycles. The Hall–Kier alpha value is -3.35. The summed E-state index contributed by atoms with van der Waals surface area (Å²) < 4.78 is 5.64. The van der Waals surface area contributed by atoms with E-state index in [0.717, 1.165) is 12.8 Å². The number of amides is 2. The normalized spacial score (nSPS) is 19.0. The Kier molecular flexibility index (Phi) is 7.43. The van der Waals surface area contributed by atoms with E-state index in [4.69, 9.17) is 4.74 Å². The maximum absolute atomic E-state index is 12.6. The highest BCUT2D eigenvalue weighted by molar-refractivity contribution is 5.87. The molecule has 0 unspecified atom stereocenters. The van der Waals surface area contributed by atoms with Crippen molar-refractivity contribution in [2.45, 2.75) is 69.9 Å². The second kappa shape index (κ2) is 10.5. The average Bonchev–Trinajstić information content (AvgIpc) is 3.42. The van der Waals surface area contributed by atoms with Crippen LogP contribution >= 0.6 is 0 Å². The Morgan fingerprint density at radius 1 is 0.971 bits per heavy atom. The molecule has 2 aromatic carbocycles. The van der Waals surface area contributed by atoms with Gasteiger partial charge in [0.25, 0.3) is 0 Å². The third-order valence-electron chi connectivity index (χ3n) is 7.68. The lowest BCUT2D eigenvalue weighted by atomic mass is 9.92. The van der Waals surface area contributed by atoms with E-state index >= 15 is 0 Å². The number of ether oxygens (including phenoxy) is 1. The number of hydrogen-bond acceptors (Lipinski definition) is 4. The van der Waals surface area contributed by atoms with Crippen molar-refractivity contribution in [3.63, 3.8) is 0 Å². The van der Waals surface area contributed by atoms with Crippen molar-refractivity contribution in [2.24, 2.45) is 5.92 Å². The first-order valence-electron chi connectivity index (χ1n) is 12.5. The molecule has 0 bridgehead atoms. The largest absolute Gasteiger partial charge is 0.480 e. The summed E-state index contributed by atoms with van der Waals surface area (Å²) in [7, 11) is 0. The van der Waals surface area contributed by atoms with Gasteiger partial charge in [0.1, 0.15) is 12.1 Å². The van der Waals surface area contributed by atoms with Crippen LogP contribution < -0.4 is 10.6 Å². The number of rotatable bonds is 9. The molecule has 0 aromatic heterocycles. The molecule has 2 amide bonds. The van der Waals surface area contributed by atoms with Crippen molar-refractivity contribution in [1.29, 1.82) is 0 Å².